The van der Waals surface area contributed by atoms with Crippen molar-refractivity contribution in [2.75, 3.05) is 18.4 Å². The number of hydrogen-bond acceptors (Lipinski definition) is 3. The molecule has 1 aromatic rings. The Bertz CT molecular complexity index is 519. The first-order valence-corrected chi connectivity index (χ1v) is 6.41. The Kier molecular flexibility index (Phi) is 4.07. The predicted molar refractivity (Wildman–Crippen MR) is 72.6 cm³/mol. The summed E-state index contributed by atoms with van der Waals surface area (Å²) in [5.74, 6) is -1.18. The molecule has 1 saturated heterocycles. The summed E-state index contributed by atoms with van der Waals surface area (Å²) in [6.07, 6.45) is 0. The minimum atomic E-state index is -1.12. The van der Waals surface area contributed by atoms with Crippen molar-refractivity contribution in [2.24, 2.45) is 11.8 Å². The van der Waals surface area contributed by atoms with E-state index in [4.69, 9.17) is 16.7 Å². The Hall–Kier alpha value is -1.59. The maximum Gasteiger partial charge on any atom is 0.337 e. The van der Waals surface area contributed by atoms with E-state index in [1.807, 2.05) is 6.92 Å². The van der Waals surface area contributed by atoms with Crippen molar-refractivity contribution in [2.45, 2.75) is 6.92 Å². The van der Waals surface area contributed by atoms with E-state index in [0.717, 1.165) is 6.54 Å². The van der Waals surface area contributed by atoms with Crippen LogP contribution in [0.2, 0.25) is 5.02 Å². The molecular formula is C13H15ClN2O3. The second-order valence-electron chi connectivity index (χ2n) is 4.73. The summed E-state index contributed by atoms with van der Waals surface area (Å²) in [4.78, 5) is 23.2. The van der Waals surface area contributed by atoms with Crippen LogP contribution in [0.4, 0.5) is 5.69 Å². The van der Waals surface area contributed by atoms with Gasteiger partial charge in [-0.25, -0.2) is 4.79 Å². The van der Waals surface area contributed by atoms with Crippen LogP contribution >= 0.6 is 11.6 Å². The Morgan fingerprint density at radius 1 is 1.42 bits per heavy atom. The highest BCUT2D eigenvalue weighted by molar-refractivity contribution is 6.31. The molecule has 1 heterocycles. The van der Waals surface area contributed by atoms with Crippen LogP contribution in [0.5, 0.6) is 0 Å². The third-order valence-corrected chi connectivity index (χ3v) is 3.56. The topological polar surface area (TPSA) is 78.4 Å². The van der Waals surface area contributed by atoms with E-state index in [2.05, 4.69) is 10.6 Å². The van der Waals surface area contributed by atoms with Crippen LogP contribution < -0.4 is 10.6 Å². The van der Waals surface area contributed by atoms with Crippen molar-refractivity contribution in [3.8, 4) is 0 Å². The molecule has 0 spiro atoms. The van der Waals surface area contributed by atoms with Gasteiger partial charge in [-0.05, 0) is 30.7 Å². The molecule has 1 aromatic carbocycles. The van der Waals surface area contributed by atoms with Gasteiger partial charge < -0.3 is 15.7 Å². The lowest BCUT2D eigenvalue weighted by atomic mass is 9.97. The SMILES string of the molecule is C[C@@H]1CNC[C@H]1C(=O)Nc1ccc(Cl)cc1C(=O)O. The minimum Gasteiger partial charge on any atom is -0.478 e. The second-order valence-corrected chi connectivity index (χ2v) is 5.16. The fraction of sp³-hybridized carbons (Fsp3) is 0.385. The molecule has 1 amide bonds. The molecule has 1 aliphatic heterocycles. The van der Waals surface area contributed by atoms with Gasteiger partial charge in [0.2, 0.25) is 5.91 Å². The van der Waals surface area contributed by atoms with E-state index in [-0.39, 0.29) is 29.0 Å². The summed E-state index contributed by atoms with van der Waals surface area (Å²) in [6, 6.07) is 4.40. The smallest absolute Gasteiger partial charge is 0.337 e. The van der Waals surface area contributed by atoms with Crippen molar-refractivity contribution in [3.63, 3.8) is 0 Å². The second kappa shape index (κ2) is 5.59. The fourth-order valence-electron chi connectivity index (χ4n) is 2.19. The third kappa shape index (κ3) is 3.05. The van der Waals surface area contributed by atoms with Gasteiger partial charge in [-0.1, -0.05) is 18.5 Å². The van der Waals surface area contributed by atoms with E-state index in [1.54, 1.807) is 6.07 Å². The van der Waals surface area contributed by atoms with Gasteiger partial charge in [0, 0.05) is 11.6 Å². The van der Waals surface area contributed by atoms with Gasteiger partial charge in [0.1, 0.15) is 0 Å². The van der Waals surface area contributed by atoms with Crippen LogP contribution in [0.25, 0.3) is 0 Å². The number of carbonyl (C=O) groups excluding carboxylic acids is 1. The van der Waals surface area contributed by atoms with Crippen molar-refractivity contribution in [3.05, 3.63) is 28.8 Å². The van der Waals surface area contributed by atoms with Gasteiger partial charge in [-0.2, -0.15) is 0 Å². The fourth-order valence-corrected chi connectivity index (χ4v) is 2.36. The number of rotatable bonds is 3. The molecule has 1 fully saturated rings. The lowest BCUT2D eigenvalue weighted by Crippen LogP contribution is -2.28. The molecule has 6 heteroatoms. The number of carboxylic acids is 1. The monoisotopic (exact) mass is 282 g/mol. The van der Waals surface area contributed by atoms with Crippen LogP contribution in [-0.2, 0) is 4.79 Å². The molecule has 3 N–H and O–H groups in total. The molecule has 0 aliphatic carbocycles. The van der Waals surface area contributed by atoms with E-state index >= 15 is 0 Å². The molecule has 0 aromatic heterocycles. The quantitative estimate of drug-likeness (QED) is 0.790. The summed E-state index contributed by atoms with van der Waals surface area (Å²) in [6.45, 7) is 3.40. The average molecular weight is 283 g/mol. The molecule has 19 heavy (non-hydrogen) atoms. The zero-order valence-electron chi connectivity index (χ0n) is 10.4. The summed E-state index contributed by atoms with van der Waals surface area (Å²) in [5, 5.41) is 15.2. The van der Waals surface area contributed by atoms with Crippen LogP contribution in [0.3, 0.4) is 0 Å². The number of nitrogens with one attached hydrogen (secondary N) is 2. The highest BCUT2D eigenvalue weighted by atomic mass is 35.5. The van der Waals surface area contributed by atoms with Gasteiger partial charge in [-0.3, -0.25) is 4.79 Å². The highest BCUT2D eigenvalue weighted by Crippen LogP contribution is 2.23. The largest absolute Gasteiger partial charge is 0.478 e. The number of hydrogen-bond donors (Lipinski definition) is 3. The number of anilines is 1. The summed E-state index contributed by atoms with van der Waals surface area (Å²) in [7, 11) is 0. The van der Waals surface area contributed by atoms with Crippen LogP contribution in [-0.4, -0.2) is 30.1 Å². The molecule has 2 atom stereocenters. The number of benzene rings is 1. The number of halogens is 1. The Morgan fingerprint density at radius 3 is 2.74 bits per heavy atom. The summed E-state index contributed by atoms with van der Waals surface area (Å²) < 4.78 is 0. The minimum absolute atomic E-state index is 0.000501. The molecule has 5 nitrogen and oxygen atoms in total. The maximum atomic E-state index is 12.1. The van der Waals surface area contributed by atoms with E-state index in [9.17, 15) is 9.59 Å². The van der Waals surface area contributed by atoms with E-state index < -0.39 is 5.97 Å². The van der Waals surface area contributed by atoms with Crippen LogP contribution in [0.15, 0.2) is 18.2 Å². The number of amides is 1. The molecule has 2 rings (SSSR count). The van der Waals surface area contributed by atoms with E-state index in [1.165, 1.54) is 12.1 Å². The van der Waals surface area contributed by atoms with Crippen molar-refractivity contribution in [1.29, 1.82) is 0 Å². The van der Waals surface area contributed by atoms with Crippen LogP contribution in [0.1, 0.15) is 17.3 Å². The van der Waals surface area contributed by atoms with Gasteiger partial charge in [0.15, 0.2) is 0 Å². The average Bonchev–Trinajstić information content (AvgIpc) is 2.77. The molecule has 0 radical (unpaired) electrons. The maximum absolute atomic E-state index is 12.1. The van der Waals surface area contributed by atoms with Gasteiger partial charge in [0.25, 0.3) is 0 Å². The Balaban J connectivity index is 2.19. The molecule has 0 saturated carbocycles. The van der Waals surface area contributed by atoms with Crippen molar-refractivity contribution < 1.29 is 14.7 Å². The zero-order valence-corrected chi connectivity index (χ0v) is 11.2. The standard InChI is InChI=1S/C13H15ClN2O3/c1-7-5-15-6-10(7)12(17)16-11-3-2-8(14)4-9(11)13(18)19/h2-4,7,10,15H,5-6H2,1H3,(H,16,17)(H,18,19)/t7-,10-/m1/s1. The van der Waals surface area contributed by atoms with Crippen molar-refractivity contribution >= 4 is 29.2 Å². The first kappa shape index (κ1) is 13.8. The molecule has 1 aliphatic rings. The van der Waals surface area contributed by atoms with Gasteiger partial charge in [0.05, 0.1) is 17.2 Å². The Labute approximate surface area is 116 Å². The lowest BCUT2D eigenvalue weighted by molar-refractivity contribution is -0.120. The summed E-state index contributed by atoms with van der Waals surface area (Å²) >= 11 is 5.76. The first-order valence-electron chi connectivity index (χ1n) is 6.03. The van der Waals surface area contributed by atoms with Gasteiger partial charge >= 0.3 is 5.97 Å². The Morgan fingerprint density at radius 2 is 2.16 bits per heavy atom. The number of carbonyl (C=O) groups is 2. The zero-order chi connectivity index (χ0) is 14.0. The van der Waals surface area contributed by atoms with Crippen molar-refractivity contribution in [1.82, 2.24) is 5.32 Å². The molecule has 0 unspecified atom stereocenters. The summed E-state index contributed by atoms with van der Waals surface area (Å²) in [5.41, 5.74) is 0.278. The molecule has 102 valence electrons. The van der Waals surface area contributed by atoms with Gasteiger partial charge in [-0.15, -0.1) is 0 Å². The first-order chi connectivity index (χ1) is 8.99. The van der Waals surface area contributed by atoms with E-state index in [0.29, 0.717) is 11.6 Å². The molecular weight excluding hydrogens is 268 g/mol. The van der Waals surface area contributed by atoms with Crippen LogP contribution in [0, 0.1) is 11.8 Å². The highest BCUT2D eigenvalue weighted by Gasteiger charge is 2.30. The normalized spacial score (nSPS) is 22.2. The third-order valence-electron chi connectivity index (χ3n) is 3.32. The lowest BCUT2D eigenvalue weighted by Gasteiger charge is -2.15. The number of aromatic carboxylic acids is 1. The molecule has 0 bridgehead atoms. The number of carboxylic acid groups (broad SMARTS) is 1. The predicted octanol–water partition coefficient (Wildman–Crippen LogP) is 1.83.